The number of carbonyl (C=O) groups is 4. The lowest BCUT2D eigenvalue weighted by atomic mass is 9.73. The van der Waals surface area contributed by atoms with E-state index < -0.39 is 61.3 Å². The Morgan fingerprint density at radius 3 is 1.98 bits per heavy atom. The van der Waals surface area contributed by atoms with Crippen LogP contribution in [0.3, 0.4) is 0 Å². The molecule has 0 radical (unpaired) electrons. The molecule has 47 heavy (non-hydrogen) atoms. The van der Waals surface area contributed by atoms with Crippen molar-refractivity contribution in [1.82, 2.24) is 20.3 Å². The van der Waals surface area contributed by atoms with Gasteiger partial charge < -0.3 is 20.3 Å². The monoisotopic (exact) mass is 678 g/mol. The maximum Gasteiger partial charge on any atom is 0.408 e. The van der Waals surface area contributed by atoms with Crippen LogP contribution in [0.4, 0.5) is 4.79 Å². The number of ether oxygens (including phenoxy) is 1. The van der Waals surface area contributed by atoms with Gasteiger partial charge in [0.15, 0.2) is 0 Å². The fourth-order valence-electron chi connectivity index (χ4n) is 9.49. The van der Waals surface area contributed by atoms with E-state index in [0.717, 1.165) is 19.3 Å². The Balaban J connectivity index is 1.43. The van der Waals surface area contributed by atoms with Crippen molar-refractivity contribution in [1.29, 1.82) is 0 Å². The summed E-state index contributed by atoms with van der Waals surface area (Å²) in [7, 11) is -3.92. The Bertz CT molecular complexity index is 1440. The van der Waals surface area contributed by atoms with E-state index >= 15 is 0 Å². The molecule has 1 saturated heterocycles. The van der Waals surface area contributed by atoms with Crippen LogP contribution in [0.5, 0.6) is 0 Å². The van der Waals surface area contributed by atoms with Crippen LogP contribution in [0.25, 0.3) is 0 Å². The molecule has 4 saturated carbocycles. The summed E-state index contributed by atoms with van der Waals surface area (Å²) in [6.07, 6.45) is 6.07. The maximum absolute atomic E-state index is 14.6. The molecule has 4 amide bonds. The van der Waals surface area contributed by atoms with Gasteiger partial charge in [0.2, 0.25) is 21.8 Å². The summed E-state index contributed by atoms with van der Waals surface area (Å²) >= 11 is 0. The molecule has 1 aliphatic heterocycles. The molecule has 0 aromatic rings. The minimum Gasteiger partial charge on any atom is -0.444 e. The summed E-state index contributed by atoms with van der Waals surface area (Å²) < 4.78 is 33.7. The first-order chi connectivity index (χ1) is 21.5. The standard InChI is InChI=1S/C35H58N4O7S/c1-11-14-32(17-18-32)47(44,45)38-27(42)35(19-22(35)12-2)37-25(40)23-20-34(31(9,10)33(34)15-13-16-33)21-39(23)26(41)24(29(3,4)5)36-28(43)46-30(6,7)8/h22-24H,11-21H2,1-10H3,(H,36,43)(H,37,40)(H,38,42)/t22-,23-,24+,34+,35+/m0/s1. The third kappa shape index (κ3) is 5.56. The minimum absolute atomic E-state index is 0.0376. The Kier molecular flexibility index (Phi) is 8.46. The van der Waals surface area contributed by atoms with Crippen LogP contribution in [-0.2, 0) is 29.1 Å². The van der Waals surface area contributed by atoms with Crippen molar-refractivity contribution in [2.24, 2.45) is 27.6 Å². The lowest BCUT2D eigenvalue weighted by Crippen LogP contribution is -2.60. The number of hydrogen-bond acceptors (Lipinski definition) is 7. The van der Waals surface area contributed by atoms with Crippen LogP contribution in [-0.4, -0.2) is 71.6 Å². The molecule has 3 N–H and O–H groups in total. The average Bonchev–Trinajstić information content (AvgIpc) is 3.83. The van der Waals surface area contributed by atoms with Crippen LogP contribution in [0.15, 0.2) is 0 Å². The molecule has 11 nitrogen and oxygen atoms in total. The highest BCUT2D eigenvalue weighted by Gasteiger charge is 2.85. The number of nitrogens with zero attached hydrogens (tertiary/aromatic N) is 1. The molecule has 5 rings (SSSR count). The van der Waals surface area contributed by atoms with Gasteiger partial charge in [-0.1, -0.05) is 67.7 Å². The van der Waals surface area contributed by atoms with Gasteiger partial charge in [0.05, 0.1) is 4.75 Å². The molecule has 5 atom stereocenters. The normalized spacial score (nSPS) is 31.8. The van der Waals surface area contributed by atoms with E-state index in [-0.39, 0.29) is 28.1 Å². The number of fused-ring (bicyclic) bond motifs is 1. The number of amides is 4. The van der Waals surface area contributed by atoms with Crippen LogP contribution in [0.1, 0.15) is 133 Å². The number of alkyl carbamates (subject to hydrolysis) is 1. The van der Waals surface area contributed by atoms with E-state index in [1.807, 2.05) is 34.6 Å². The number of sulfonamides is 1. The molecule has 0 unspecified atom stereocenters. The zero-order valence-electron chi connectivity index (χ0n) is 30.2. The third-order valence-corrected chi connectivity index (χ3v) is 15.0. The quantitative estimate of drug-likeness (QED) is 0.301. The van der Waals surface area contributed by atoms with Crippen molar-refractivity contribution in [3.63, 3.8) is 0 Å². The highest BCUT2D eigenvalue weighted by atomic mass is 32.2. The number of rotatable bonds is 10. The summed E-state index contributed by atoms with van der Waals surface area (Å²) in [6.45, 7) is 19.5. The molecular formula is C35H58N4O7S. The SMILES string of the molecule is CCCC1(S(=O)(=O)NC(=O)[C@@]2(NC(=O)[C@@H]3C[C@@]4(CN3C(=O)[C@@H](NC(=O)OC(C)(C)C)C(C)(C)C)C(C)(C)C43CCC3)C[C@@H]2CC)CC1. The molecule has 0 aromatic carbocycles. The third-order valence-electron chi connectivity index (χ3n) is 12.8. The van der Waals surface area contributed by atoms with E-state index in [0.29, 0.717) is 51.5 Å². The first kappa shape index (κ1) is 35.9. The zero-order valence-corrected chi connectivity index (χ0v) is 31.0. The molecule has 0 aromatic heterocycles. The van der Waals surface area contributed by atoms with Crippen LogP contribution in [0, 0.1) is 27.6 Å². The number of nitrogens with one attached hydrogen (secondary N) is 3. The summed E-state index contributed by atoms with van der Waals surface area (Å²) in [6, 6.07) is -1.84. The fraction of sp³-hybridized carbons (Fsp3) is 0.886. The van der Waals surface area contributed by atoms with Gasteiger partial charge in [0.1, 0.15) is 23.2 Å². The minimum atomic E-state index is -3.92. The van der Waals surface area contributed by atoms with Crippen LogP contribution in [0.2, 0.25) is 0 Å². The predicted octanol–water partition coefficient (Wildman–Crippen LogP) is 4.79. The largest absolute Gasteiger partial charge is 0.444 e. The highest BCUT2D eigenvalue weighted by molar-refractivity contribution is 7.91. The summed E-state index contributed by atoms with van der Waals surface area (Å²) in [5.41, 5.74) is -3.13. The summed E-state index contributed by atoms with van der Waals surface area (Å²) in [4.78, 5) is 57.4. The second-order valence-electron chi connectivity index (χ2n) is 17.9. The Morgan fingerprint density at radius 2 is 1.55 bits per heavy atom. The Hall–Kier alpha value is -2.37. The van der Waals surface area contributed by atoms with E-state index in [1.165, 1.54) is 0 Å². The van der Waals surface area contributed by atoms with Gasteiger partial charge in [0.25, 0.3) is 5.91 Å². The lowest BCUT2D eigenvalue weighted by molar-refractivity contribution is -0.143. The topological polar surface area (TPSA) is 151 Å². The van der Waals surface area contributed by atoms with E-state index in [2.05, 4.69) is 29.2 Å². The second kappa shape index (κ2) is 11.1. The predicted molar refractivity (Wildman–Crippen MR) is 178 cm³/mol. The van der Waals surface area contributed by atoms with Gasteiger partial charge in [-0.25, -0.2) is 13.2 Å². The molecule has 1 heterocycles. The van der Waals surface area contributed by atoms with Crippen molar-refractivity contribution in [3.8, 4) is 0 Å². The van der Waals surface area contributed by atoms with Crippen molar-refractivity contribution < 1.29 is 32.3 Å². The Morgan fingerprint density at radius 1 is 0.936 bits per heavy atom. The molecule has 5 aliphatic rings. The smallest absolute Gasteiger partial charge is 0.408 e. The molecular weight excluding hydrogens is 620 g/mol. The van der Waals surface area contributed by atoms with E-state index in [4.69, 9.17) is 4.74 Å². The summed E-state index contributed by atoms with van der Waals surface area (Å²) in [5.74, 6) is -1.71. The van der Waals surface area contributed by atoms with Gasteiger partial charge in [-0.3, -0.25) is 19.1 Å². The van der Waals surface area contributed by atoms with Gasteiger partial charge in [-0.2, -0.15) is 0 Å². The van der Waals surface area contributed by atoms with Crippen molar-refractivity contribution in [2.45, 2.75) is 161 Å². The molecule has 2 spiro atoms. The van der Waals surface area contributed by atoms with Crippen LogP contribution >= 0.6 is 0 Å². The molecule has 5 fully saturated rings. The fourth-order valence-corrected chi connectivity index (χ4v) is 11.2. The van der Waals surface area contributed by atoms with Crippen molar-refractivity contribution >= 4 is 33.8 Å². The molecule has 12 heteroatoms. The van der Waals surface area contributed by atoms with E-state index in [9.17, 15) is 27.6 Å². The van der Waals surface area contributed by atoms with Gasteiger partial charge >= 0.3 is 6.09 Å². The highest BCUT2D eigenvalue weighted by Crippen LogP contribution is 2.88. The number of likely N-dealkylation sites (tertiary alicyclic amines) is 1. The van der Waals surface area contributed by atoms with Gasteiger partial charge in [-0.15, -0.1) is 0 Å². The molecule has 266 valence electrons. The zero-order chi connectivity index (χ0) is 35.2. The number of carbonyl (C=O) groups excluding carboxylic acids is 4. The molecule has 0 bridgehead atoms. The maximum atomic E-state index is 14.6. The van der Waals surface area contributed by atoms with Crippen molar-refractivity contribution in [3.05, 3.63) is 0 Å². The van der Waals surface area contributed by atoms with Crippen molar-refractivity contribution in [2.75, 3.05) is 6.54 Å². The summed E-state index contributed by atoms with van der Waals surface area (Å²) in [5, 5.41) is 5.81. The van der Waals surface area contributed by atoms with Gasteiger partial charge in [0, 0.05) is 12.0 Å². The lowest BCUT2D eigenvalue weighted by Gasteiger charge is -2.36. The first-order valence-electron chi connectivity index (χ1n) is 17.7. The second-order valence-corrected chi connectivity index (χ2v) is 20.0. The first-order valence-corrected chi connectivity index (χ1v) is 19.2. The van der Waals surface area contributed by atoms with Crippen LogP contribution < -0.4 is 15.4 Å². The number of hydrogen-bond donors (Lipinski definition) is 3. The average molecular weight is 679 g/mol. The van der Waals surface area contributed by atoms with E-state index in [1.54, 1.807) is 25.7 Å². The Labute approximate surface area is 281 Å². The molecule has 4 aliphatic carbocycles. The van der Waals surface area contributed by atoms with Gasteiger partial charge in [-0.05, 0) is 87.9 Å².